The van der Waals surface area contributed by atoms with Gasteiger partial charge in [0.05, 0.1) is 0 Å². The first-order valence-corrected chi connectivity index (χ1v) is 3.61. The Morgan fingerprint density at radius 3 is 2.33 bits per heavy atom. The largest absolute Gasteiger partial charge is 0.336 e. The Hall–Kier alpha value is -1.38. The third kappa shape index (κ3) is 2.70. The molecule has 12 heavy (non-hydrogen) atoms. The lowest BCUT2D eigenvalue weighted by atomic mass is 10.3. The summed E-state index contributed by atoms with van der Waals surface area (Å²) >= 11 is 0. The third-order valence-electron chi connectivity index (χ3n) is 1.39. The van der Waals surface area contributed by atoms with Gasteiger partial charge in [-0.1, -0.05) is 13.2 Å². The SMILES string of the molecule is C=CN(C)C(=NC)C(=C)C=NC. The Morgan fingerprint density at radius 2 is 2.00 bits per heavy atom. The van der Waals surface area contributed by atoms with Crippen molar-refractivity contribution >= 4 is 12.1 Å². The molecule has 3 heteroatoms. The van der Waals surface area contributed by atoms with Crippen LogP contribution in [0.1, 0.15) is 0 Å². The summed E-state index contributed by atoms with van der Waals surface area (Å²) in [4.78, 5) is 9.71. The third-order valence-corrected chi connectivity index (χ3v) is 1.39. The highest BCUT2D eigenvalue weighted by Crippen LogP contribution is 1.97. The zero-order valence-electron chi connectivity index (χ0n) is 7.91. The summed E-state index contributed by atoms with van der Waals surface area (Å²) in [6.45, 7) is 7.45. The first-order valence-electron chi connectivity index (χ1n) is 3.61. The van der Waals surface area contributed by atoms with Crippen LogP contribution in [0.4, 0.5) is 0 Å². The predicted molar refractivity (Wildman–Crippen MR) is 54.9 cm³/mol. The molecular weight excluding hydrogens is 150 g/mol. The van der Waals surface area contributed by atoms with E-state index in [-0.39, 0.29) is 0 Å². The molecule has 0 aromatic rings. The number of amidine groups is 1. The standard InChI is InChI=1S/C9H15N3/c1-6-12(5)9(11-4)8(2)7-10-3/h6-7H,1-2H2,3-5H3. The monoisotopic (exact) mass is 165 g/mol. The van der Waals surface area contributed by atoms with E-state index in [0.717, 1.165) is 11.4 Å². The Balaban J connectivity index is 4.58. The van der Waals surface area contributed by atoms with Crippen molar-refractivity contribution in [1.82, 2.24) is 4.90 Å². The number of likely N-dealkylation sites (N-methyl/N-ethyl adjacent to an activating group) is 1. The van der Waals surface area contributed by atoms with Gasteiger partial charge in [-0.15, -0.1) is 0 Å². The van der Waals surface area contributed by atoms with Crippen molar-refractivity contribution in [3.63, 3.8) is 0 Å². The Labute approximate surface area is 73.8 Å². The molecule has 3 nitrogen and oxygen atoms in total. The molecule has 0 fully saturated rings. The van der Waals surface area contributed by atoms with E-state index < -0.39 is 0 Å². The second kappa shape index (κ2) is 5.29. The number of rotatable bonds is 3. The van der Waals surface area contributed by atoms with Crippen molar-refractivity contribution in [3.05, 3.63) is 24.9 Å². The lowest BCUT2D eigenvalue weighted by Crippen LogP contribution is -2.22. The summed E-state index contributed by atoms with van der Waals surface area (Å²) in [5.74, 6) is 0.774. The van der Waals surface area contributed by atoms with Gasteiger partial charge in [0.1, 0.15) is 5.84 Å². The highest BCUT2D eigenvalue weighted by Gasteiger charge is 2.03. The second-order valence-electron chi connectivity index (χ2n) is 2.25. The Kier molecular flexibility index (Phi) is 4.69. The zero-order chi connectivity index (χ0) is 9.56. The van der Waals surface area contributed by atoms with Gasteiger partial charge in [-0.3, -0.25) is 9.98 Å². The molecule has 0 spiro atoms. The molecule has 0 bridgehead atoms. The first-order chi connectivity index (χ1) is 5.67. The van der Waals surface area contributed by atoms with E-state index in [0.29, 0.717) is 0 Å². The van der Waals surface area contributed by atoms with E-state index in [2.05, 4.69) is 23.1 Å². The van der Waals surface area contributed by atoms with Gasteiger partial charge in [-0.05, 0) is 6.20 Å². The lowest BCUT2D eigenvalue weighted by Gasteiger charge is -2.15. The molecule has 0 aromatic heterocycles. The van der Waals surface area contributed by atoms with Gasteiger partial charge in [0.2, 0.25) is 0 Å². The van der Waals surface area contributed by atoms with Crippen molar-refractivity contribution in [2.75, 3.05) is 21.1 Å². The summed E-state index contributed by atoms with van der Waals surface area (Å²) in [7, 11) is 5.28. The van der Waals surface area contributed by atoms with E-state index in [1.54, 1.807) is 31.4 Å². The second-order valence-corrected chi connectivity index (χ2v) is 2.25. The van der Waals surface area contributed by atoms with Gasteiger partial charge in [0.25, 0.3) is 0 Å². The maximum Gasteiger partial charge on any atom is 0.135 e. The van der Waals surface area contributed by atoms with Crippen LogP contribution >= 0.6 is 0 Å². The molecule has 0 heterocycles. The number of hydrogen-bond acceptors (Lipinski definition) is 2. The first kappa shape index (κ1) is 10.6. The molecule has 0 rings (SSSR count). The molecule has 0 saturated heterocycles. The highest BCUT2D eigenvalue weighted by atomic mass is 15.1. The summed E-state index contributed by atoms with van der Waals surface area (Å²) in [5, 5.41) is 0. The van der Waals surface area contributed by atoms with Crippen LogP contribution in [0.15, 0.2) is 34.9 Å². The van der Waals surface area contributed by atoms with E-state index in [1.807, 2.05) is 7.05 Å². The molecule has 0 aliphatic carbocycles. The minimum atomic E-state index is 0.774. The molecule has 0 amide bonds. The number of nitrogens with zero attached hydrogens (tertiary/aromatic N) is 3. The van der Waals surface area contributed by atoms with Crippen LogP contribution in [0.25, 0.3) is 0 Å². The highest BCUT2D eigenvalue weighted by molar-refractivity contribution is 6.14. The van der Waals surface area contributed by atoms with E-state index >= 15 is 0 Å². The molecule has 0 saturated carbocycles. The van der Waals surface area contributed by atoms with Crippen LogP contribution in [-0.4, -0.2) is 38.1 Å². The zero-order valence-corrected chi connectivity index (χ0v) is 7.91. The fraction of sp³-hybridized carbons (Fsp3) is 0.333. The molecular formula is C9H15N3. The minimum Gasteiger partial charge on any atom is -0.336 e. The van der Waals surface area contributed by atoms with E-state index in [4.69, 9.17) is 0 Å². The fourth-order valence-corrected chi connectivity index (χ4v) is 0.828. The smallest absolute Gasteiger partial charge is 0.135 e. The van der Waals surface area contributed by atoms with Crippen molar-refractivity contribution in [2.45, 2.75) is 0 Å². The molecule has 0 radical (unpaired) electrons. The summed E-state index contributed by atoms with van der Waals surface area (Å²) < 4.78 is 0. The van der Waals surface area contributed by atoms with Crippen molar-refractivity contribution in [2.24, 2.45) is 9.98 Å². The van der Waals surface area contributed by atoms with Crippen LogP contribution < -0.4 is 0 Å². The summed E-state index contributed by atoms with van der Waals surface area (Å²) in [6.07, 6.45) is 3.35. The van der Waals surface area contributed by atoms with Crippen LogP contribution in [-0.2, 0) is 0 Å². The normalized spacial score (nSPS) is 11.8. The van der Waals surface area contributed by atoms with Crippen LogP contribution in [0.2, 0.25) is 0 Å². The molecule has 0 unspecified atom stereocenters. The maximum atomic E-state index is 4.06. The topological polar surface area (TPSA) is 28.0 Å². The average Bonchev–Trinajstić information content (AvgIpc) is 2.06. The fourth-order valence-electron chi connectivity index (χ4n) is 0.828. The van der Waals surface area contributed by atoms with Gasteiger partial charge in [0.15, 0.2) is 0 Å². The van der Waals surface area contributed by atoms with Crippen LogP contribution in [0, 0.1) is 0 Å². The molecule has 66 valence electrons. The molecule has 0 N–H and O–H groups in total. The van der Waals surface area contributed by atoms with Crippen molar-refractivity contribution in [1.29, 1.82) is 0 Å². The van der Waals surface area contributed by atoms with Crippen LogP contribution in [0.3, 0.4) is 0 Å². The van der Waals surface area contributed by atoms with Gasteiger partial charge >= 0.3 is 0 Å². The molecule has 0 atom stereocenters. The van der Waals surface area contributed by atoms with Crippen molar-refractivity contribution in [3.8, 4) is 0 Å². The average molecular weight is 165 g/mol. The Morgan fingerprint density at radius 1 is 1.42 bits per heavy atom. The van der Waals surface area contributed by atoms with Gasteiger partial charge in [-0.2, -0.15) is 0 Å². The minimum absolute atomic E-state index is 0.774. The number of hydrogen-bond donors (Lipinski definition) is 0. The lowest BCUT2D eigenvalue weighted by molar-refractivity contribution is 0.691. The molecule has 0 aromatic carbocycles. The predicted octanol–water partition coefficient (Wildman–Crippen LogP) is 1.35. The summed E-state index contributed by atoms with van der Waals surface area (Å²) in [5.41, 5.74) is 0.780. The van der Waals surface area contributed by atoms with Crippen molar-refractivity contribution < 1.29 is 0 Å². The summed E-state index contributed by atoms with van der Waals surface area (Å²) in [6, 6.07) is 0. The van der Waals surface area contributed by atoms with Gasteiger partial charge in [-0.25, -0.2) is 0 Å². The molecule has 0 aliphatic heterocycles. The molecule has 0 aliphatic rings. The van der Waals surface area contributed by atoms with Gasteiger partial charge in [0, 0.05) is 32.9 Å². The number of aliphatic imine (C=N–C) groups is 2. The maximum absolute atomic E-state index is 4.06. The van der Waals surface area contributed by atoms with Gasteiger partial charge < -0.3 is 4.90 Å². The quantitative estimate of drug-likeness (QED) is 0.458. The van der Waals surface area contributed by atoms with Crippen LogP contribution in [0.5, 0.6) is 0 Å². The Bertz CT molecular complexity index is 226. The van der Waals surface area contributed by atoms with E-state index in [1.165, 1.54) is 0 Å². The van der Waals surface area contributed by atoms with E-state index in [9.17, 15) is 0 Å².